The molecule has 4 nitrogen and oxygen atoms in total. The van der Waals surface area contributed by atoms with E-state index in [1.165, 1.54) is 76.3 Å². The molecule has 0 saturated carbocycles. The van der Waals surface area contributed by atoms with E-state index in [4.69, 9.17) is 9.84 Å². The molecule has 0 radical (unpaired) electrons. The summed E-state index contributed by atoms with van der Waals surface area (Å²) in [5, 5.41) is 9.09. The summed E-state index contributed by atoms with van der Waals surface area (Å²) in [7, 11) is 0. The van der Waals surface area contributed by atoms with Crippen molar-refractivity contribution in [3.8, 4) is 0 Å². The van der Waals surface area contributed by atoms with Crippen LogP contribution < -0.4 is 29.6 Å². The zero-order valence-electron chi connectivity index (χ0n) is 18.2. The zero-order valence-corrected chi connectivity index (χ0v) is 19.2. The van der Waals surface area contributed by atoms with Crippen LogP contribution in [0.2, 0.25) is 0 Å². The molecule has 5 heteroatoms. The number of unbranched alkanes of at least 4 members (excludes halogenated alkanes) is 11. The SMILES string of the molecule is CCCCCCCCCCCCCCOC(=O)c1ccccc1C(=O)O.[H-].[Na+]. The zero-order chi connectivity index (χ0) is 19.0. The smallest absolute Gasteiger partial charge is 1.00 e. The van der Waals surface area contributed by atoms with Crippen LogP contribution >= 0.6 is 0 Å². The molecule has 27 heavy (non-hydrogen) atoms. The van der Waals surface area contributed by atoms with Crippen LogP contribution in [-0.2, 0) is 4.74 Å². The van der Waals surface area contributed by atoms with Crippen molar-refractivity contribution >= 4 is 11.9 Å². The molecule has 1 aromatic carbocycles. The molecule has 0 fully saturated rings. The molecule has 1 aromatic rings. The first-order valence-electron chi connectivity index (χ1n) is 10.2. The Labute approximate surface area is 187 Å². The number of carboxylic acids is 1. The Kier molecular flexibility index (Phi) is 16.7. The van der Waals surface area contributed by atoms with Gasteiger partial charge in [0.25, 0.3) is 0 Å². The van der Waals surface area contributed by atoms with Crippen molar-refractivity contribution in [2.24, 2.45) is 0 Å². The maximum atomic E-state index is 12.0. The van der Waals surface area contributed by atoms with Gasteiger partial charge in [0, 0.05) is 0 Å². The first-order valence-corrected chi connectivity index (χ1v) is 10.2. The van der Waals surface area contributed by atoms with Gasteiger partial charge in [-0.25, -0.2) is 9.59 Å². The summed E-state index contributed by atoms with van der Waals surface area (Å²) in [4.78, 5) is 23.1. The van der Waals surface area contributed by atoms with Crippen LogP contribution in [0.5, 0.6) is 0 Å². The largest absolute Gasteiger partial charge is 1.00 e. The molecule has 0 aliphatic carbocycles. The Balaban J connectivity index is 0. The molecule has 0 amide bonds. The molecule has 0 heterocycles. The van der Waals surface area contributed by atoms with E-state index in [0.717, 1.165) is 12.8 Å². The van der Waals surface area contributed by atoms with Crippen LogP contribution in [-0.4, -0.2) is 23.7 Å². The fourth-order valence-electron chi connectivity index (χ4n) is 3.03. The van der Waals surface area contributed by atoms with Crippen LogP contribution in [0, 0.1) is 0 Å². The molecular formula is C22H35NaO4. The molecule has 0 saturated heterocycles. The first kappa shape index (κ1) is 26.2. The Hall–Kier alpha value is -0.840. The van der Waals surface area contributed by atoms with Crippen molar-refractivity contribution in [2.45, 2.75) is 84.0 Å². The van der Waals surface area contributed by atoms with Gasteiger partial charge in [0.2, 0.25) is 0 Å². The van der Waals surface area contributed by atoms with Gasteiger partial charge in [0.15, 0.2) is 0 Å². The fourth-order valence-corrected chi connectivity index (χ4v) is 3.03. The van der Waals surface area contributed by atoms with Gasteiger partial charge >= 0.3 is 41.5 Å². The van der Waals surface area contributed by atoms with Crippen LogP contribution in [0.4, 0.5) is 0 Å². The summed E-state index contributed by atoms with van der Waals surface area (Å²) in [5.41, 5.74) is 0.117. The molecule has 148 valence electrons. The summed E-state index contributed by atoms with van der Waals surface area (Å²) < 4.78 is 5.21. The quantitative estimate of drug-likeness (QED) is 0.285. The van der Waals surface area contributed by atoms with Gasteiger partial charge < -0.3 is 11.3 Å². The average molecular weight is 387 g/mol. The second kappa shape index (κ2) is 17.3. The third-order valence-electron chi connectivity index (χ3n) is 4.61. The van der Waals surface area contributed by atoms with Gasteiger partial charge in [0.1, 0.15) is 0 Å². The van der Waals surface area contributed by atoms with Crippen molar-refractivity contribution in [1.82, 2.24) is 0 Å². The predicted octanol–water partition coefficient (Wildman–Crippen LogP) is 3.36. The standard InChI is InChI=1S/C22H34O4.Na.H/c1-2-3-4-5-6-7-8-9-10-11-12-15-18-26-22(25)20-17-14-13-16-19(20)21(23)24;;/h13-14,16-17H,2-12,15,18H2,1H3,(H,23,24);;/q;+1;-1. The minimum Gasteiger partial charge on any atom is -1.00 e. The summed E-state index contributed by atoms with van der Waals surface area (Å²) in [6.45, 7) is 2.60. The van der Waals surface area contributed by atoms with Crippen LogP contribution in [0.3, 0.4) is 0 Å². The van der Waals surface area contributed by atoms with Crippen LogP contribution in [0.25, 0.3) is 0 Å². The number of ether oxygens (including phenoxy) is 1. The minimum absolute atomic E-state index is 0. The van der Waals surface area contributed by atoms with E-state index in [9.17, 15) is 9.59 Å². The van der Waals surface area contributed by atoms with Gasteiger partial charge in [-0.15, -0.1) is 0 Å². The molecule has 0 aliphatic heterocycles. The number of benzene rings is 1. The van der Waals surface area contributed by atoms with E-state index in [-0.39, 0.29) is 42.1 Å². The molecule has 1 rings (SSSR count). The number of carboxylic acid groups (broad SMARTS) is 1. The molecular weight excluding hydrogens is 351 g/mol. The topological polar surface area (TPSA) is 63.6 Å². The van der Waals surface area contributed by atoms with Gasteiger partial charge in [-0.3, -0.25) is 0 Å². The van der Waals surface area contributed by atoms with E-state index in [1.807, 2.05) is 0 Å². The normalized spacial score (nSPS) is 10.3. The summed E-state index contributed by atoms with van der Waals surface area (Å²) >= 11 is 0. The van der Waals surface area contributed by atoms with Crippen molar-refractivity contribution in [2.75, 3.05) is 6.61 Å². The number of esters is 1. The van der Waals surface area contributed by atoms with E-state index in [2.05, 4.69) is 6.92 Å². The van der Waals surface area contributed by atoms with Crippen molar-refractivity contribution in [3.05, 3.63) is 35.4 Å². The van der Waals surface area contributed by atoms with Crippen LogP contribution in [0.15, 0.2) is 24.3 Å². The number of carbonyl (C=O) groups is 2. The molecule has 0 aliphatic rings. The number of rotatable bonds is 15. The Morgan fingerprint density at radius 1 is 0.815 bits per heavy atom. The fraction of sp³-hybridized carbons (Fsp3) is 0.636. The molecule has 1 N–H and O–H groups in total. The number of aromatic carboxylic acids is 1. The second-order valence-electron chi connectivity index (χ2n) is 6.88. The van der Waals surface area contributed by atoms with E-state index < -0.39 is 11.9 Å². The number of hydrogen-bond acceptors (Lipinski definition) is 3. The third-order valence-corrected chi connectivity index (χ3v) is 4.61. The molecule has 0 spiro atoms. The van der Waals surface area contributed by atoms with Gasteiger partial charge in [0.05, 0.1) is 17.7 Å². The van der Waals surface area contributed by atoms with Crippen molar-refractivity contribution < 1.29 is 50.4 Å². The van der Waals surface area contributed by atoms with Gasteiger partial charge in [-0.05, 0) is 18.6 Å². The van der Waals surface area contributed by atoms with Gasteiger partial charge in [-0.2, -0.15) is 0 Å². The molecule has 0 atom stereocenters. The van der Waals surface area contributed by atoms with Gasteiger partial charge in [-0.1, -0.05) is 89.7 Å². The second-order valence-corrected chi connectivity index (χ2v) is 6.88. The summed E-state index contributed by atoms with van der Waals surface area (Å²) in [6.07, 6.45) is 15.1. The average Bonchev–Trinajstić information content (AvgIpc) is 2.65. The first-order chi connectivity index (χ1) is 12.7. The molecule has 0 bridgehead atoms. The maximum absolute atomic E-state index is 12.0. The van der Waals surface area contributed by atoms with Crippen LogP contribution in [0.1, 0.15) is 106 Å². The third kappa shape index (κ3) is 12.3. The Morgan fingerprint density at radius 3 is 1.74 bits per heavy atom. The van der Waals surface area contributed by atoms with Crippen molar-refractivity contribution in [3.63, 3.8) is 0 Å². The van der Waals surface area contributed by atoms with E-state index in [0.29, 0.717) is 6.61 Å². The van der Waals surface area contributed by atoms with E-state index in [1.54, 1.807) is 12.1 Å². The van der Waals surface area contributed by atoms with E-state index >= 15 is 0 Å². The molecule has 0 unspecified atom stereocenters. The molecule has 0 aromatic heterocycles. The Bertz CT molecular complexity index is 537. The minimum atomic E-state index is -1.11. The number of carbonyl (C=O) groups excluding carboxylic acids is 1. The Morgan fingerprint density at radius 2 is 1.26 bits per heavy atom. The predicted molar refractivity (Wildman–Crippen MR) is 106 cm³/mol. The summed E-state index contributed by atoms with van der Waals surface area (Å²) in [5.74, 6) is -1.66. The maximum Gasteiger partial charge on any atom is 1.00 e. The number of hydrogen-bond donors (Lipinski definition) is 1. The summed E-state index contributed by atoms with van der Waals surface area (Å²) in [6, 6.07) is 6.16. The monoisotopic (exact) mass is 386 g/mol. The van der Waals surface area contributed by atoms with Crippen molar-refractivity contribution in [1.29, 1.82) is 0 Å².